The summed E-state index contributed by atoms with van der Waals surface area (Å²) in [4.78, 5) is 0. The average Bonchev–Trinajstić information content (AvgIpc) is 2.15. The van der Waals surface area contributed by atoms with Gasteiger partial charge in [0.2, 0.25) is 0 Å². The van der Waals surface area contributed by atoms with Crippen molar-refractivity contribution in [3.05, 3.63) is 47.5 Å². The van der Waals surface area contributed by atoms with Gasteiger partial charge in [0.15, 0.2) is 5.67 Å². The Morgan fingerprint density at radius 1 is 1.40 bits per heavy atom. The van der Waals surface area contributed by atoms with Crippen LogP contribution < -0.4 is 0 Å². The summed E-state index contributed by atoms with van der Waals surface area (Å²) >= 11 is 0. The van der Waals surface area contributed by atoms with Crippen LogP contribution in [-0.4, -0.2) is 0 Å². The quantitative estimate of drug-likeness (QED) is 0.657. The first-order chi connectivity index (χ1) is 6.91. The SMILES string of the molecule is C#CC(=C)C(C)(F)c1c(F)cccc1F. The van der Waals surface area contributed by atoms with Crippen LogP contribution in [0.4, 0.5) is 13.2 Å². The second-order valence-electron chi connectivity index (χ2n) is 3.22. The van der Waals surface area contributed by atoms with E-state index in [4.69, 9.17) is 6.42 Å². The monoisotopic (exact) mass is 210 g/mol. The highest BCUT2D eigenvalue weighted by Crippen LogP contribution is 2.35. The van der Waals surface area contributed by atoms with Crippen molar-refractivity contribution in [2.75, 3.05) is 0 Å². The standard InChI is InChI=1S/C12H9F3/c1-4-8(2)12(3,15)11-9(13)6-5-7-10(11)14/h1,5-7H,2H2,3H3. The lowest BCUT2D eigenvalue weighted by atomic mass is 9.90. The molecule has 1 unspecified atom stereocenters. The Labute approximate surface area is 86.4 Å². The normalized spacial score (nSPS) is 14.1. The molecule has 0 spiro atoms. The summed E-state index contributed by atoms with van der Waals surface area (Å²) in [6.07, 6.45) is 4.96. The second-order valence-corrected chi connectivity index (χ2v) is 3.22. The van der Waals surface area contributed by atoms with E-state index in [-0.39, 0.29) is 5.57 Å². The molecule has 1 rings (SSSR count). The molecule has 0 nitrogen and oxygen atoms in total. The van der Waals surface area contributed by atoms with Crippen molar-refractivity contribution in [3.8, 4) is 12.3 Å². The molecule has 15 heavy (non-hydrogen) atoms. The fourth-order valence-electron chi connectivity index (χ4n) is 1.23. The summed E-state index contributed by atoms with van der Waals surface area (Å²) in [5.74, 6) is 0.00423. The summed E-state index contributed by atoms with van der Waals surface area (Å²) in [7, 11) is 0. The highest BCUT2D eigenvalue weighted by atomic mass is 19.2. The van der Waals surface area contributed by atoms with Gasteiger partial charge in [-0.15, -0.1) is 6.42 Å². The van der Waals surface area contributed by atoms with Crippen molar-refractivity contribution in [2.45, 2.75) is 12.6 Å². The van der Waals surface area contributed by atoms with Crippen molar-refractivity contribution in [3.63, 3.8) is 0 Å². The number of allylic oxidation sites excluding steroid dienone is 1. The van der Waals surface area contributed by atoms with Crippen molar-refractivity contribution in [1.82, 2.24) is 0 Å². The second kappa shape index (κ2) is 3.82. The Morgan fingerprint density at radius 3 is 2.27 bits per heavy atom. The van der Waals surface area contributed by atoms with Crippen LogP contribution in [0.3, 0.4) is 0 Å². The first-order valence-electron chi connectivity index (χ1n) is 4.20. The number of rotatable bonds is 2. The maximum Gasteiger partial charge on any atom is 0.171 e. The molecule has 0 fully saturated rings. The van der Waals surface area contributed by atoms with E-state index in [1.54, 1.807) is 0 Å². The molecule has 1 atom stereocenters. The Balaban J connectivity index is 3.40. The van der Waals surface area contributed by atoms with E-state index in [2.05, 4.69) is 6.58 Å². The summed E-state index contributed by atoms with van der Waals surface area (Å²) in [5, 5.41) is 0. The molecule has 0 aliphatic rings. The van der Waals surface area contributed by atoms with E-state index >= 15 is 0 Å². The molecule has 0 aliphatic heterocycles. The van der Waals surface area contributed by atoms with Crippen molar-refractivity contribution < 1.29 is 13.2 Å². The minimum Gasteiger partial charge on any atom is -0.233 e. The molecule has 1 aromatic rings. The van der Waals surface area contributed by atoms with Crippen molar-refractivity contribution in [1.29, 1.82) is 0 Å². The molecule has 0 saturated carbocycles. The third kappa shape index (κ3) is 1.89. The third-order valence-corrected chi connectivity index (χ3v) is 2.17. The summed E-state index contributed by atoms with van der Waals surface area (Å²) < 4.78 is 40.5. The molecule has 0 bridgehead atoms. The molecule has 1 aromatic carbocycles. The highest BCUT2D eigenvalue weighted by Gasteiger charge is 2.34. The number of terminal acetylenes is 1. The number of benzene rings is 1. The van der Waals surface area contributed by atoms with Gasteiger partial charge in [-0.05, 0) is 19.1 Å². The smallest absolute Gasteiger partial charge is 0.171 e. The number of halogens is 3. The number of hydrogen-bond acceptors (Lipinski definition) is 0. The van der Waals surface area contributed by atoms with E-state index in [1.165, 1.54) is 0 Å². The Morgan fingerprint density at radius 2 is 1.87 bits per heavy atom. The average molecular weight is 210 g/mol. The minimum atomic E-state index is -2.40. The van der Waals surface area contributed by atoms with Crippen LogP contribution in [-0.2, 0) is 5.67 Å². The van der Waals surface area contributed by atoms with Crippen LogP contribution in [0.1, 0.15) is 12.5 Å². The van der Waals surface area contributed by atoms with Gasteiger partial charge >= 0.3 is 0 Å². The van der Waals surface area contributed by atoms with E-state index in [0.29, 0.717) is 0 Å². The van der Waals surface area contributed by atoms with Crippen LogP contribution in [0.2, 0.25) is 0 Å². The molecule has 0 saturated heterocycles. The van der Waals surface area contributed by atoms with Gasteiger partial charge in [0.25, 0.3) is 0 Å². The molecule has 78 valence electrons. The van der Waals surface area contributed by atoms with Gasteiger partial charge in [0.1, 0.15) is 11.6 Å². The molecule has 0 aromatic heterocycles. The number of hydrogen-bond donors (Lipinski definition) is 0. The zero-order chi connectivity index (χ0) is 11.6. The topological polar surface area (TPSA) is 0 Å². The van der Waals surface area contributed by atoms with E-state index in [9.17, 15) is 13.2 Å². The van der Waals surface area contributed by atoms with E-state index < -0.39 is 22.9 Å². The zero-order valence-corrected chi connectivity index (χ0v) is 8.15. The number of alkyl halides is 1. The van der Waals surface area contributed by atoms with Crippen LogP contribution in [0.15, 0.2) is 30.4 Å². The lowest BCUT2D eigenvalue weighted by molar-refractivity contribution is 0.235. The molecule has 0 heterocycles. The van der Waals surface area contributed by atoms with Crippen LogP contribution >= 0.6 is 0 Å². The third-order valence-electron chi connectivity index (χ3n) is 2.17. The Kier molecular flexibility index (Phi) is 2.90. The maximum absolute atomic E-state index is 14.0. The van der Waals surface area contributed by atoms with Gasteiger partial charge in [-0.1, -0.05) is 18.6 Å². The first-order valence-corrected chi connectivity index (χ1v) is 4.20. The fourth-order valence-corrected chi connectivity index (χ4v) is 1.23. The largest absolute Gasteiger partial charge is 0.233 e. The van der Waals surface area contributed by atoms with Gasteiger partial charge in [-0.3, -0.25) is 0 Å². The minimum absolute atomic E-state index is 0.313. The van der Waals surface area contributed by atoms with Crippen LogP contribution in [0.5, 0.6) is 0 Å². The molecule has 0 aliphatic carbocycles. The molecular formula is C12H9F3. The molecule has 3 heteroatoms. The van der Waals surface area contributed by atoms with Gasteiger partial charge in [0, 0.05) is 5.57 Å². The van der Waals surface area contributed by atoms with Crippen molar-refractivity contribution >= 4 is 0 Å². The van der Waals surface area contributed by atoms with Gasteiger partial charge in [-0.25, -0.2) is 13.2 Å². The highest BCUT2D eigenvalue weighted by molar-refractivity contribution is 5.40. The lowest BCUT2D eigenvalue weighted by Gasteiger charge is -2.21. The van der Waals surface area contributed by atoms with Crippen molar-refractivity contribution in [2.24, 2.45) is 0 Å². The Hall–Kier alpha value is -1.69. The summed E-state index contributed by atoms with van der Waals surface area (Å²) in [6.45, 7) is 4.24. The van der Waals surface area contributed by atoms with Crippen LogP contribution in [0.25, 0.3) is 0 Å². The molecular weight excluding hydrogens is 201 g/mol. The molecule has 0 amide bonds. The molecule has 0 N–H and O–H groups in total. The Bertz CT molecular complexity index is 418. The van der Waals surface area contributed by atoms with E-state index in [1.807, 2.05) is 5.92 Å². The predicted octanol–water partition coefficient (Wildman–Crippen LogP) is 3.34. The van der Waals surface area contributed by atoms with Gasteiger partial charge in [-0.2, -0.15) is 0 Å². The van der Waals surface area contributed by atoms with Crippen LogP contribution in [0, 0.1) is 24.0 Å². The summed E-state index contributed by atoms with van der Waals surface area (Å²) in [6, 6.07) is 3.10. The van der Waals surface area contributed by atoms with E-state index in [0.717, 1.165) is 25.1 Å². The first kappa shape index (κ1) is 11.4. The fraction of sp³-hybridized carbons (Fsp3) is 0.167. The summed E-state index contributed by atoms with van der Waals surface area (Å²) in [5.41, 5.74) is -3.41. The predicted molar refractivity (Wildman–Crippen MR) is 52.8 cm³/mol. The van der Waals surface area contributed by atoms with Gasteiger partial charge < -0.3 is 0 Å². The van der Waals surface area contributed by atoms with Gasteiger partial charge in [0.05, 0.1) is 5.56 Å². The lowest BCUT2D eigenvalue weighted by Crippen LogP contribution is -2.20. The molecule has 0 radical (unpaired) electrons. The maximum atomic E-state index is 14.0. The zero-order valence-electron chi connectivity index (χ0n) is 8.15.